The first-order valence-corrected chi connectivity index (χ1v) is 6.48. The molecule has 6 heteroatoms. The number of rotatable bonds is 5. The van der Waals surface area contributed by atoms with Crippen molar-refractivity contribution in [1.82, 2.24) is 20.0 Å². The van der Waals surface area contributed by atoms with E-state index in [2.05, 4.69) is 22.2 Å². The predicted molar refractivity (Wildman–Crippen MR) is 68.9 cm³/mol. The molecule has 0 aliphatic carbocycles. The molecule has 0 bridgehead atoms. The molecule has 100 valence electrons. The van der Waals surface area contributed by atoms with Crippen LogP contribution in [-0.4, -0.2) is 46.8 Å². The highest BCUT2D eigenvalue weighted by Gasteiger charge is 2.27. The number of aryl methyl sites for hydroxylation is 1. The second-order valence-corrected chi connectivity index (χ2v) is 4.63. The normalized spacial score (nSPS) is 18.7. The Morgan fingerprint density at radius 3 is 2.89 bits per heavy atom. The molecule has 0 spiro atoms. The molecule has 1 aromatic rings. The van der Waals surface area contributed by atoms with Gasteiger partial charge in [-0.25, -0.2) is 0 Å². The topological polar surface area (TPSA) is 76.2 Å². The Kier molecular flexibility index (Phi) is 4.33. The molecule has 2 heterocycles. The summed E-state index contributed by atoms with van der Waals surface area (Å²) in [4.78, 5) is 13.8. The molecule has 3 N–H and O–H groups in total. The molecular weight excluding hydrogens is 230 g/mol. The van der Waals surface area contributed by atoms with Crippen LogP contribution in [0.15, 0.2) is 12.4 Å². The van der Waals surface area contributed by atoms with Crippen molar-refractivity contribution in [3.8, 4) is 0 Å². The Morgan fingerprint density at radius 2 is 2.28 bits per heavy atom. The second kappa shape index (κ2) is 5.97. The van der Waals surface area contributed by atoms with Gasteiger partial charge in [-0.1, -0.05) is 6.92 Å². The van der Waals surface area contributed by atoms with Crippen molar-refractivity contribution in [2.24, 2.45) is 5.73 Å². The Bertz CT molecular complexity index is 397. The van der Waals surface area contributed by atoms with Crippen molar-refractivity contribution in [3.63, 3.8) is 0 Å². The Morgan fingerprint density at radius 1 is 1.56 bits per heavy atom. The van der Waals surface area contributed by atoms with Crippen LogP contribution in [0.3, 0.4) is 0 Å². The number of nitrogens with zero attached hydrogens (tertiary/aromatic N) is 3. The number of hydrogen-bond donors (Lipinski definition) is 2. The molecule has 18 heavy (non-hydrogen) atoms. The molecule has 0 aromatic carbocycles. The van der Waals surface area contributed by atoms with Gasteiger partial charge in [-0.3, -0.25) is 14.4 Å². The van der Waals surface area contributed by atoms with Gasteiger partial charge in [-0.2, -0.15) is 5.10 Å². The van der Waals surface area contributed by atoms with E-state index >= 15 is 0 Å². The van der Waals surface area contributed by atoms with Gasteiger partial charge < -0.3 is 11.1 Å². The summed E-state index contributed by atoms with van der Waals surface area (Å²) in [6.45, 7) is 6.44. The number of nitrogens with one attached hydrogen (secondary N) is 1. The van der Waals surface area contributed by atoms with Crippen LogP contribution in [0.5, 0.6) is 0 Å². The maximum absolute atomic E-state index is 11.7. The fraction of sp³-hybridized carbons (Fsp3) is 0.667. The van der Waals surface area contributed by atoms with E-state index in [-0.39, 0.29) is 11.9 Å². The quantitative estimate of drug-likeness (QED) is 0.755. The number of nitrogens with two attached hydrogens (primary N) is 1. The minimum Gasteiger partial charge on any atom is -0.368 e. The van der Waals surface area contributed by atoms with Gasteiger partial charge in [0, 0.05) is 44.5 Å². The van der Waals surface area contributed by atoms with Crippen molar-refractivity contribution in [2.45, 2.75) is 25.9 Å². The first-order chi connectivity index (χ1) is 8.72. The number of aromatic nitrogens is 2. The summed E-state index contributed by atoms with van der Waals surface area (Å²) >= 11 is 0. The van der Waals surface area contributed by atoms with Crippen LogP contribution in [0, 0.1) is 0 Å². The van der Waals surface area contributed by atoms with Crippen LogP contribution < -0.4 is 11.1 Å². The van der Waals surface area contributed by atoms with E-state index in [1.165, 1.54) is 0 Å². The van der Waals surface area contributed by atoms with E-state index in [1.54, 1.807) is 6.20 Å². The summed E-state index contributed by atoms with van der Waals surface area (Å²) in [7, 11) is 0. The van der Waals surface area contributed by atoms with Crippen molar-refractivity contribution in [1.29, 1.82) is 0 Å². The smallest absolute Gasteiger partial charge is 0.239 e. The standard InChI is InChI=1S/C12H21N5O/c1-2-5-17-9-10(8-15-17)11(12(13)18)16-6-3-14-4-7-16/h8-9,11,14H,2-7H2,1H3,(H2,13,18). The molecule has 6 nitrogen and oxygen atoms in total. The van der Waals surface area contributed by atoms with Gasteiger partial charge in [-0.05, 0) is 6.42 Å². The van der Waals surface area contributed by atoms with Gasteiger partial charge in [0.1, 0.15) is 6.04 Å². The molecule has 2 rings (SSSR count). The molecule has 1 fully saturated rings. The van der Waals surface area contributed by atoms with Crippen LogP contribution in [0.2, 0.25) is 0 Å². The highest BCUT2D eigenvalue weighted by Crippen LogP contribution is 2.20. The fourth-order valence-electron chi connectivity index (χ4n) is 2.37. The van der Waals surface area contributed by atoms with Crippen LogP contribution in [0.1, 0.15) is 24.9 Å². The average molecular weight is 251 g/mol. The van der Waals surface area contributed by atoms with Gasteiger partial charge in [0.25, 0.3) is 0 Å². The van der Waals surface area contributed by atoms with Crippen molar-refractivity contribution < 1.29 is 4.79 Å². The molecule has 0 saturated carbocycles. The summed E-state index contributed by atoms with van der Waals surface area (Å²) in [5.41, 5.74) is 6.45. The van der Waals surface area contributed by atoms with Crippen molar-refractivity contribution in [2.75, 3.05) is 26.2 Å². The summed E-state index contributed by atoms with van der Waals surface area (Å²) < 4.78 is 1.87. The predicted octanol–water partition coefficient (Wildman–Crippen LogP) is -0.275. The summed E-state index contributed by atoms with van der Waals surface area (Å²) in [6.07, 6.45) is 4.71. The molecule has 1 saturated heterocycles. The van der Waals surface area contributed by atoms with E-state index < -0.39 is 0 Å². The Balaban J connectivity index is 2.14. The van der Waals surface area contributed by atoms with Gasteiger partial charge in [0.2, 0.25) is 5.91 Å². The summed E-state index contributed by atoms with van der Waals surface area (Å²) in [5.74, 6) is -0.298. The number of primary amides is 1. The molecule has 1 aliphatic heterocycles. The third-order valence-electron chi connectivity index (χ3n) is 3.21. The van der Waals surface area contributed by atoms with E-state index in [9.17, 15) is 4.79 Å². The van der Waals surface area contributed by atoms with Crippen molar-refractivity contribution in [3.05, 3.63) is 18.0 Å². The molecule has 1 aromatic heterocycles. The van der Waals surface area contributed by atoms with Crippen LogP contribution in [0.4, 0.5) is 0 Å². The summed E-state index contributed by atoms with van der Waals surface area (Å²) in [6, 6.07) is -0.349. The highest BCUT2D eigenvalue weighted by molar-refractivity contribution is 5.81. The highest BCUT2D eigenvalue weighted by atomic mass is 16.1. The second-order valence-electron chi connectivity index (χ2n) is 4.63. The number of carbonyl (C=O) groups excluding carboxylic acids is 1. The van der Waals surface area contributed by atoms with E-state index in [4.69, 9.17) is 5.73 Å². The van der Waals surface area contributed by atoms with Gasteiger partial charge in [0.15, 0.2) is 0 Å². The van der Waals surface area contributed by atoms with Crippen LogP contribution in [-0.2, 0) is 11.3 Å². The third-order valence-corrected chi connectivity index (χ3v) is 3.21. The molecule has 1 amide bonds. The molecule has 1 aliphatic rings. The molecule has 1 atom stereocenters. The van der Waals surface area contributed by atoms with Crippen LogP contribution >= 0.6 is 0 Å². The zero-order valence-electron chi connectivity index (χ0n) is 10.8. The molecule has 0 radical (unpaired) electrons. The van der Waals surface area contributed by atoms with Gasteiger partial charge >= 0.3 is 0 Å². The van der Waals surface area contributed by atoms with E-state index in [0.717, 1.165) is 44.7 Å². The first kappa shape index (κ1) is 13.0. The molecule has 1 unspecified atom stereocenters. The van der Waals surface area contributed by atoms with Crippen LogP contribution in [0.25, 0.3) is 0 Å². The Hall–Kier alpha value is -1.40. The largest absolute Gasteiger partial charge is 0.368 e. The number of hydrogen-bond acceptors (Lipinski definition) is 4. The van der Waals surface area contributed by atoms with Crippen molar-refractivity contribution >= 4 is 5.91 Å². The van der Waals surface area contributed by atoms with Gasteiger partial charge in [0.05, 0.1) is 6.20 Å². The minimum absolute atomic E-state index is 0.298. The average Bonchev–Trinajstić information content (AvgIpc) is 2.79. The maximum atomic E-state index is 11.7. The van der Waals surface area contributed by atoms with E-state index in [0.29, 0.717) is 0 Å². The maximum Gasteiger partial charge on any atom is 0.239 e. The SMILES string of the molecule is CCCn1cc(C(C(N)=O)N2CCNCC2)cn1. The number of carbonyl (C=O) groups is 1. The number of amides is 1. The van der Waals surface area contributed by atoms with Gasteiger partial charge in [-0.15, -0.1) is 0 Å². The molecular formula is C12H21N5O. The lowest BCUT2D eigenvalue weighted by molar-refractivity contribution is -0.123. The zero-order valence-corrected chi connectivity index (χ0v) is 10.8. The summed E-state index contributed by atoms with van der Waals surface area (Å²) in [5, 5.41) is 7.54. The van der Waals surface area contributed by atoms with E-state index in [1.807, 2.05) is 10.9 Å². The lowest BCUT2D eigenvalue weighted by atomic mass is 10.1. The minimum atomic E-state index is -0.349. The zero-order chi connectivity index (χ0) is 13.0. The third kappa shape index (κ3) is 2.88. The fourth-order valence-corrected chi connectivity index (χ4v) is 2.37. The lowest BCUT2D eigenvalue weighted by Crippen LogP contribution is -2.48. The lowest BCUT2D eigenvalue weighted by Gasteiger charge is -2.32. The first-order valence-electron chi connectivity index (χ1n) is 6.48. The Labute approximate surface area is 107 Å². The monoisotopic (exact) mass is 251 g/mol. The number of piperazine rings is 1.